The van der Waals surface area contributed by atoms with Gasteiger partial charge in [-0.1, -0.05) is 104 Å². The molecule has 0 saturated carbocycles. The molecular weight excluding hydrogens is 414 g/mol. The van der Waals surface area contributed by atoms with Crippen molar-refractivity contribution in [1.29, 1.82) is 0 Å². The zero-order chi connectivity index (χ0) is 22.4. The maximum Gasteiger partial charge on any atom is 0.410 e. The van der Waals surface area contributed by atoms with Crippen LogP contribution in [0.2, 0.25) is 0 Å². The van der Waals surface area contributed by atoms with E-state index in [2.05, 4.69) is 104 Å². The number of amides is 1. The fraction of sp³-hybridized carbons (Fsp3) is 0.250. The number of carbonyl (C=O) groups excluding carboxylic acids is 1. The van der Waals surface area contributed by atoms with Gasteiger partial charge in [0.1, 0.15) is 6.61 Å². The average molecular weight is 444 g/mol. The van der Waals surface area contributed by atoms with Gasteiger partial charge in [0.05, 0.1) is 4.75 Å². The summed E-state index contributed by atoms with van der Waals surface area (Å²) < 4.78 is 4.96. The molecule has 0 aromatic heterocycles. The second kappa shape index (κ2) is 10.1. The van der Waals surface area contributed by atoms with E-state index in [4.69, 9.17) is 4.74 Å². The first-order chi connectivity index (χ1) is 15.6. The predicted molar refractivity (Wildman–Crippen MR) is 133 cm³/mol. The third-order valence-corrected chi connectivity index (χ3v) is 7.72. The van der Waals surface area contributed by atoms with Crippen molar-refractivity contribution in [2.24, 2.45) is 0 Å². The summed E-state index contributed by atoms with van der Waals surface area (Å²) >= 11 is 1.94. The van der Waals surface area contributed by atoms with Crippen LogP contribution in [0.15, 0.2) is 104 Å². The van der Waals surface area contributed by atoms with Crippen molar-refractivity contribution in [2.75, 3.05) is 13.2 Å². The van der Waals surface area contributed by atoms with Crippen LogP contribution in [0.25, 0.3) is 0 Å². The zero-order valence-corrected chi connectivity index (χ0v) is 19.2. The molecule has 1 heterocycles. The first-order valence-corrected chi connectivity index (χ1v) is 11.9. The molecule has 4 heteroatoms. The quantitative estimate of drug-likeness (QED) is 0.308. The van der Waals surface area contributed by atoms with Crippen LogP contribution in [-0.2, 0) is 9.48 Å². The highest BCUT2D eigenvalue weighted by Crippen LogP contribution is 2.52. The molecule has 3 nitrogen and oxygen atoms in total. The van der Waals surface area contributed by atoms with E-state index in [-0.39, 0.29) is 28.7 Å². The van der Waals surface area contributed by atoms with Crippen LogP contribution in [0, 0.1) is 0 Å². The molecule has 1 fully saturated rings. The highest BCUT2D eigenvalue weighted by Gasteiger charge is 2.43. The number of rotatable bonds is 7. The molecule has 32 heavy (non-hydrogen) atoms. The molecule has 4 rings (SSSR count). The minimum Gasteiger partial charge on any atom is -0.445 e. The molecule has 164 valence electrons. The van der Waals surface area contributed by atoms with Gasteiger partial charge in [-0.2, -0.15) is 0 Å². The molecule has 0 bridgehead atoms. The summed E-state index contributed by atoms with van der Waals surface area (Å²) in [6.45, 7) is 6.65. The average Bonchev–Trinajstić information content (AvgIpc) is 3.22. The Balaban J connectivity index is 1.76. The van der Waals surface area contributed by atoms with Gasteiger partial charge < -0.3 is 9.64 Å². The van der Waals surface area contributed by atoms with Gasteiger partial charge in [-0.25, -0.2) is 4.79 Å². The summed E-state index contributed by atoms with van der Waals surface area (Å²) in [5.41, 5.74) is 3.72. The van der Waals surface area contributed by atoms with E-state index in [0.717, 1.165) is 6.42 Å². The monoisotopic (exact) mass is 443 g/mol. The van der Waals surface area contributed by atoms with Crippen LogP contribution in [0.1, 0.15) is 30.0 Å². The molecule has 0 spiro atoms. The van der Waals surface area contributed by atoms with Crippen LogP contribution in [-0.4, -0.2) is 35.4 Å². The van der Waals surface area contributed by atoms with Crippen LogP contribution >= 0.6 is 11.8 Å². The molecule has 1 aliphatic heterocycles. The minimum absolute atomic E-state index is 0.129. The number of hydrogen-bond donors (Lipinski definition) is 0. The van der Waals surface area contributed by atoms with E-state index in [0.29, 0.717) is 6.54 Å². The van der Waals surface area contributed by atoms with E-state index in [9.17, 15) is 4.79 Å². The smallest absolute Gasteiger partial charge is 0.410 e. The summed E-state index contributed by atoms with van der Waals surface area (Å²) in [6.07, 6.45) is 2.27. The van der Waals surface area contributed by atoms with Crippen LogP contribution in [0.5, 0.6) is 0 Å². The summed E-state index contributed by atoms with van der Waals surface area (Å²) in [7, 11) is 0. The number of thioether (sulfide) groups is 1. The highest BCUT2D eigenvalue weighted by molar-refractivity contribution is 8.01. The van der Waals surface area contributed by atoms with Crippen molar-refractivity contribution in [3.8, 4) is 0 Å². The van der Waals surface area contributed by atoms with Gasteiger partial charge in [0.25, 0.3) is 0 Å². The Bertz CT molecular complexity index is 926. The Morgan fingerprint density at radius 1 is 0.969 bits per heavy atom. The summed E-state index contributed by atoms with van der Waals surface area (Å²) in [4.78, 5) is 14.4. The lowest BCUT2D eigenvalue weighted by atomic mass is 9.84. The molecule has 1 saturated heterocycles. The van der Waals surface area contributed by atoms with Gasteiger partial charge in [-0.3, -0.25) is 0 Å². The summed E-state index contributed by atoms with van der Waals surface area (Å²) in [5.74, 6) is 0. The second-order valence-electron chi connectivity index (χ2n) is 8.12. The molecule has 2 unspecified atom stereocenters. The van der Waals surface area contributed by atoms with E-state index in [1.54, 1.807) is 6.08 Å². The summed E-state index contributed by atoms with van der Waals surface area (Å²) in [5, 5.41) is 0.266. The molecule has 1 aliphatic rings. The van der Waals surface area contributed by atoms with Crippen LogP contribution in [0.3, 0.4) is 0 Å². The first-order valence-electron chi connectivity index (χ1n) is 11.0. The molecule has 3 aromatic rings. The van der Waals surface area contributed by atoms with Crippen molar-refractivity contribution in [2.45, 2.75) is 29.4 Å². The second-order valence-corrected chi connectivity index (χ2v) is 9.64. The predicted octanol–water partition coefficient (Wildman–Crippen LogP) is 6.50. The van der Waals surface area contributed by atoms with Gasteiger partial charge in [0.15, 0.2) is 0 Å². The van der Waals surface area contributed by atoms with Crippen molar-refractivity contribution in [1.82, 2.24) is 4.90 Å². The maximum atomic E-state index is 12.6. The number of ether oxygens (including phenoxy) is 1. The topological polar surface area (TPSA) is 29.5 Å². The standard InChI is InChI=1S/C28H29NO2S/c1-3-19-31-27(30)29-21-26(20-22(29)2)32-28(23-13-7-4-8-14-23,24-15-9-5-10-16-24)25-17-11-6-12-18-25/h3-18,22,26H,1,19-21H2,2H3. The Hall–Kier alpha value is -2.98. The Morgan fingerprint density at radius 2 is 1.44 bits per heavy atom. The first kappa shape index (κ1) is 22.2. The van der Waals surface area contributed by atoms with Crippen molar-refractivity contribution in [3.63, 3.8) is 0 Å². The molecule has 1 amide bonds. The van der Waals surface area contributed by atoms with E-state index < -0.39 is 0 Å². The van der Waals surface area contributed by atoms with Crippen LogP contribution < -0.4 is 0 Å². The lowest BCUT2D eigenvalue weighted by molar-refractivity contribution is 0.110. The van der Waals surface area contributed by atoms with Crippen molar-refractivity contribution in [3.05, 3.63) is 120 Å². The van der Waals surface area contributed by atoms with Gasteiger partial charge in [0.2, 0.25) is 0 Å². The fourth-order valence-corrected chi connectivity index (χ4v) is 6.43. The van der Waals surface area contributed by atoms with Gasteiger partial charge in [-0.15, -0.1) is 11.8 Å². The van der Waals surface area contributed by atoms with E-state index >= 15 is 0 Å². The van der Waals surface area contributed by atoms with Crippen molar-refractivity contribution < 1.29 is 9.53 Å². The zero-order valence-electron chi connectivity index (χ0n) is 18.4. The lowest BCUT2D eigenvalue weighted by Gasteiger charge is -2.37. The van der Waals surface area contributed by atoms with E-state index in [1.807, 2.05) is 16.7 Å². The van der Waals surface area contributed by atoms with E-state index in [1.165, 1.54) is 16.7 Å². The Kier molecular flexibility index (Phi) is 7.01. The number of nitrogens with zero attached hydrogens (tertiary/aromatic N) is 1. The van der Waals surface area contributed by atoms with Crippen molar-refractivity contribution >= 4 is 17.9 Å². The van der Waals surface area contributed by atoms with Gasteiger partial charge in [0, 0.05) is 17.8 Å². The molecule has 2 atom stereocenters. The summed E-state index contributed by atoms with van der Waals surface area (Å²) in [6, 6.07) is 32.2. The SMILES string of the molecule is C=CCOC(=O)N1CC(SC(c2ccccc2)(c2ccccc2)c2ccccc2)CC1C. The highest BCUT2D eigenvalue weighted by atomic mass is 32.2. The van der Waals surface area contributed by atoms with Gasteiger partial charge >= 0.3 is 6.09 Å². The number of benzene rings is 3. The van der Waals surface area contributed by atoms with Crippen LogP contribution in [0.4, 0.5) is 4.79 Å². The molecule has 3 aromatic carbocycles. The largest absolute Gasteiger partial charge is 0.445 e. The molecular formula is C28H29NO2S. The normalized spacial score (nSPS) is 18.3. The molecule has 0 N–H and O–H groups in total. The minimum atomic E-state index is -0.380. The molecule has 0 aliphatic carbocycles. The maximum absolute atomic E-state index is 12.6. The number of carbonyl (C=O) groups is 1. The third kappa shape index (κ3) is 4.46. The Morgan fingerprint density at radius 3 is 1.88 bits per heavy atom. The lowest BCUT2D eigenvalue weighted by Crippen LogP contribution is -2.35. The number of hydrogen-bond acceptors (Lipinski definition) is 3. The Labute approximate surface area is 195 Å². The fourth-order valence-electron chi connectivity index (χ4n) is 4.51. The number of likely N-dealkylation sites (tertiary alicyclic amines) is 1. The third-order valence-electron chi connectivity index (χ3n) is 5.98. The van der Waals surface area contributed by atoms with Gasteiger partial charge in [-0.05, 0) is 30.0 Å². The molecule has 0 radical (unpaired) electrons.